The Bertz CT molecular complexity index is 1260. The van der Waals surface area contributed by atoms with Gasteiger partial charge in [0.15, 0.2) is 0 Å². The van der Waals surface area contributed by atoms with E-state index in [9.17, 15) is 9.59 Å². The molecule has 164 valence electrons. The lowest BCUT2D eigenvalue weighted by Gasteiger charge is -2.08. The molecule has 1 aliphatic carbocycles. The maximum Gasteiger partial charge on any atom is 0.255 e. The molecule has 0 radical (unpaired) electrons. The lowest BCUT2D eigenvalue weighted by Crippen LogP contribution is -2.23. The van der Waals surface area contributed by atoms with Crippen molar-refractivity contribution in [2.24, 2.45) is 5.92 Å². The molecule has 0 spiro atoms. The molecule has 4 aromatic rings. The molecule has 7 nitrogen and oxygen atoms in total. The molecule has 2 amide bonds. The molecule has 0 aliphatic heterocycles. The van der Waals surface area contributed by atoms with Crippen LogP contribution < -0.4 is 10.6 Å². The molecule has 2 N–H and O–H groups in total. The summed E-state index contributed by atoms with van der Waals surface area (Å²) in [4.78, 5) is 29.2. The van der Waals surface area contributed by atoms with Gasteiger partial charge in [0.2, 0.25) is 5.91 Å². The van der Waals surface area contributed by atoms with Gasteiger partial charge in [0, 0.05) is 42.3 Å². The van der Waals surface area contributed by atoms with Gasteiger partial charge >= 0.3 is 0 Å². The number of carbonyl (C=O) groups is 2. The first-order valence-corrected chi connectivity index (χ1v) is 10.9. The number of carbonyl (C=O) groups excluding carboxylic acids is 2. The second-order valence-electron chi connectivity index (χ2n) is 8.06. The van der Waals surface area contributed by atoms with Crippen molar-refractivity contribution in [2.75, 3.05) is 5.32 Å². The molecule has 1 aliphatic rings. The molecule has 7 heteroatoms. The summed E-state index contributed by atoms with van der Waals surface area (Å²) in [6.45, 7) is 0.360. The van der Waals surface area contributed by atoms with Gasteiger partial charge in [0.05, 0.1) is 11.3 Å². The fourth-order valence-corrected chi connectivity index (χ4v) is 3.54. The number of amides is 2. The van der Waals surface area contributed by atoms with E-state index < -0.39 is 0 Å². The smallest absolute Gasteiger partial charge is 0.255 e. The van der Waals surface area contributed by atoms with Crippen LogP contribution in [0.4, 0.5) is 5.69 Å². The average Bonchev–Trinajstić information content (AvgIpc) is 3.63. The van der Waals surface area contributed by atoms with Gasteiger partial charge in [0.25, 0.3) is 5.91 Å². The highest BCUT2D eigenvalue weighted by molar-refractivity contribution is 5.99. The number of rotatable bonds is 7. The van der Waals surface area contributed by atoms with Crippen molar-refractivity contribution in [3.8, 4) is 16.9 Å². The normalized spacial score (nSPS) is 12.8. The SMILES string of the molecule is O=C(NCc1ccc(NC(=O)C2CC2)cc1)c1cn(-c2ccccc2)nc1-c1cccnc1. The van der Waals surface area contributed by atoms with E-state index in [2.05, 4.69) is 20.7 Å². The quantitative estimate of drug-likeness (QED) is 0.453. The Kier molecular flexibility index (Phi) is 5.68. The number of benzene rings is 2. The Labute approximate surface area is 191 Å². The first-order valence-electron chi connectivity index (χ1n) is 10.9. The van der Waals surface area contributed by atoms with Gasteiger partial charge in [-0.15, -0.1) is 0 Å². The van der Waals surface area contributed by atoms with Crippen LogP contribution in [0.5, 0.6) is 0 Å². The first kappa shape index (κ1) is 20.6. The lowest BCUT2D eigenvalue weighted by atomic mass is 10.1. The molecule has 5 rings (SSSR count). The largest absolute Gasteiger partial charge is 0.348 e. The van der Waals surface area contributed by atoms with E-state index in [1.807, 2.05) is 66.7 Å². The van der Waals surface area contributed by atoms with Crippen LogP contribution in [0, 0.1) is 5.92 Å². The first-order chi connectivity index (χ1) is 16.2. The van der Waals surface area contributed by atoms with Gasteiger partial charge in [-0.25, -0.2) is 4.68 Å². The number of anilines is 1. The Balaban J connectivity index is 1.32. The molecular formula is C26H23N5O2. The third-order valence-corrected chi connectivity index (χ3v) is 5.54. The summed E-state index contributed by atoms with van der Waals surface area (Å²) >= 11 is 0. The fourth-order valence-electron chi connectivity index (χ4n) is 3.54. The third-order valence-electron chi connectivity index (χ3n) is 5.54. The monoisotopic (exact) mass is 437 g/mol. The van der Waals surface area contributed by atoms with Crippen LogP contribution in [0.1, 0.15) is 28.8 Å². The molecule has 1 saturated carbocycles. The van der Waals surface area contributed by atoms with E-state index in [1.54, 1.807) is 23.3 Å². The number of hydrogen-bond acceptors (Lipinski definition) is 4. The van der Waals surface area contributed by atoms with Crippen LogP contribution in [0.3, 0.4) is 0 Å². The fraction of sp³-hybridized carbons (Fsp3) is 0.154. The van der Waals surface area contributed by atoms with Crippen molar-refractivity contribution in [1.29, 1.82) is 0 Å². The van der Waals surface area contributed by atoms with E-state index in [0.717, 1.165) is 35.3 Å². The zero-order valence-electron chi connectivity index (χ0n) is 17.9. The number of aromatic nitrogens is 3. The van der Waals surface area contributed by atoms with Crippen molar-refractivity contribution in [3.05, 3.63) is 96.4 Å². The highest BCUT2D eigenvalue weighted by Crippen LogP contribution is 2.30. The highest BCUT2D eigenvalue weighted by atomic mass is 16.2. The van der Waals surface area contributed by atoms with E-state index >= 15 is 0 Å². The zero-order chi connectivity index (χ0) is 22.6. The summed E-state index contributed by atoms with van der Waals surface area (Å²) in [7, 11) is 0. The second kappa shape index (κ2) is 9.08. The van der Waals surface area contributed by atoms with Crippen LogP contribution in [-0.2, 0) is 11.3 Å². The average molecular weight is 438 g/mol. The number of hydrogen-bond donors (Lipinski definition) is 2. The predicted octanol–water partition coefficient (Wildman–Crippen LogP) is 4.21. The minimum absolute atomic E-state index is 0.0782. The maximum absolute atomic E-state index is 13.1. The van der Waals surface area contributed by atoms with E-state index in [0.29, 0.717) is 17.8 Å². The van der Waals surface area contributed by atoms with E-state index in [1.165, 1.54) is 0 Å². The molecular weight excluding hydrogens is 414 g/mol. The van der Waals surface area contributed by atoms with Gasteiger partial charge in [-0.2, -0.15) is 5.10 Å². The van der Waals surface area contributed by atoms with E-state index in [4.69, 9.17) is 0 Å². The molecule has 0 atom stereocenters. The number of nitrogens with zero attached hydrogens (tertiary/aromatic N) is 3. The zero-order valence-corrected chi connectivity index (χ0v) is 17.9. The Morgan fingerprint density at radius 2 is 1.76 bits per heavy atom. The summed E-state index contributed by atoms with van der Waals surface area (Å²) in [5.41, 5.74) is 4.39. The Morgan fingerprint density at radius 1 is 0.970 bits per heavy atom. The maximum atomic E-state index is 13.1. The van der Waals surface area contributed by atoms with Gasteiger partial charge in [-0.1, -0.05) is 30.3 Å². The van der Waals surface area contributed by atoms with Gasteiger partial charge in [0.1, 0.15) is 5.69 Å². The summed E-state index contributed by atoms with van der Waals surface area (Å²) in [5, 5.41) is 10.6. The predicted molar refractivity (Wildman–Crippen MR) is 126 cm³/mol. The van der Waals surface area contributed by atoms with Gasteiger partial charge < -0.3 is 10.6 Å². The highest BCUT2D eigenvalue weighted by Gasteiger charge is 2.29. The lowest BCUT2D eigenvalue weighted by molar-refractivity contribution is -0.117. The second-order valence-corrected chi connectivity index (χ2v) is 8.06. The number of para-hydroxylation sites is 1. The van der Waals surface area contributed by atoms with Crippen molar-refractivity contribution in [3.63, 3.8) is 0 Å². The third kappa shape index (κ3) is 4.82. The van der Waals surface area contributed by atoms with Crippen LogP contribution in [0.15, 0.2) is 85.3 Å². The van der Waals surface area contributed by atoms with Crippen molar-refractivity contribution >= 4 is 17.5 Å². The molecule has 2 heterocycles. The molecule has 0 unspecified atom stereocenters. The van der Waals surface area contributed by atoms with Crippen LogP contribution in [0.25, 0.3) is 16.9 Å². The van der Waals surface area contributed by atoms with E-state index in [-0.39, 0.29) is 17.7 Å². The summed E-state index contributed by atoms with van der Waals surface area (Å²) in [6.07, 6.45) is 7.07. The standard InChI is InChI=1S/C26H23N5O2/c32-25(19-10-11-19)29-21-12-8-18(9-13-21)15-28-26(33)23-17-31(22-6-2-1-3-7-22)30-24(23)20-5-4-14-27-16-20/h1-9,12-14,16-17,19H,10-11,15H2,(H,28,33)(H,29,32). The van der Waals surface area contributed by atoms with Crippen molar-refractivity contribution < 1.29 is 9.59 Å². The molecule has 0 bridgehead atoms. The molecule has 1 fully saturated rings. The minimum atomic E-state index is -0.220. The Morgan fingerprint density at radius 3 is 2.45 bits per heavy atom. The summed E-state index contributed by atoms with van der Waals surface area (Å²) < 4.78 is 1.70. The van der Waals surface area contributed by atoms with Crippen LogP contribution >= 0.6 is 0 Å². The Hall–Kier alpha value is -4.26. The van der Waals surface area contributed by atoms with Crippen LogP contribution in [-0.4, -0.2) is 26.6 Å². The topological polar surface area (TPSA) is 88.9 Å². The molecule has 33 heavy (non-hydrogen) atoms. The molecule has 2 aromatic carbocycles. The van der Waals surface area contributed by atoms with Crippen molar-refractivity contribution in [1.82, 2.24) is 20.1 Å². The van der Waals surface area contributed by atoms with Gasteiger partial charge in [-0.3, -0.25) is 14.6 Å². The molecule has 2 aromatic heterocycles. The molecule has 0 saturated heterocycles. The summed E-state index contributed by atoms with van der Waals surface area (Å²) in [5.74, 6) is 0.0198. The van der Waals surface area contributed by atoms with Crippen LogP contribution in [0.2, 0.25) is 0 Å². The van der Waals surface area contributed by atoms with Gasteiger partial charge in [-0.05, 0) is 54.8 Å². The summed E-state index contributed by atoms with van der Waals surface area (Å²) in [6, 6.07) is 20.9. The van der Waals surface area contributed by atoms with Crippen molar-refractivity contribution in [2.45, 2.75) is 19.4 Å². The number of nitrogens with one attached hydrogen (secondary N) is 2. The number of pyridine rings is 1. The minimum Gasteiger partial charge on any atom is -0.348 e.